The Morgan fingerprint density at radius 1 is 1.35 bits per heavy atom. The fourth-order valence-electron chi connectivity index (χ4n) is 2.66. The number of hydrogen-bond donors (Lipinski definition) is 1. The minimum Gasteiger partial charge on any atom is -0.496 e. The largest absolute Gasteiger partial charge is 0.496 e. The maximum Gasteiger partial charge on any atom is 0.122 e. The van der Waals surface area contributed by atoms with Crippen molar-refractivity contribution in [3.8, 4) is 5.75 Å². The molecule has 1 N–H and O–H groups in total. The van der Waals surface area contributed by atoms with Gasteiger partial charge >= 0.3 is 0 Å². The molecule has 0 amide bonds. The average Bonchev–Trinajstić information content (AvgIpc) is 2.40. The summed E-state index contributed by atoms with van der Waals surface area (Å²) in [6.45, 7) is 2.43. The van der Waals surface area contributed by atoms with Gasteiger partial charge in [0.2, 0.25) is 0 Å². The van der Waals surface area contributed by atoms with Crippen LogP contribution in [0.4, 0.5) is 0 Å². The van der Waals surface area contributed by atoms with Crippen LogP contribution in [0.3, 0.4) is 0 Å². The number of piperidine rings is 1. The van der Waals surface area contributed by atoms with E-state index in [1.54, 1.807) is 7.11 Å². The summed E-state index contributed by atoms with van der Waals surface area (Å²) in [6, 6.07) is 8.36. The van der Waals surface area contributed by atoms with Crippen LogP contribution in [0.15, 0.2) is 24.3 Å². The maximum absolute atomic E-state index is 5.38. The summed E-state index contributed by atoms with van der Waals surface area (Å²) < 4.78 is 5.38. The Balaban J connectivity index is 1.77. The summed E-state index contributed by atoms with van der Waals surface area (Å²) in [4.78, 5) is 0. The number of aryl methyl sites for hydroxylation is 1. The topological polar surface area (TPSA) is 21.3 Å². The number of ether oxygens (including phenoxy) is 1. The van der Waals surface area contributed by atoms with Crippen molar-refractivity contribution in [3.05, 3.63) is 29.8 Å². The van der Waals surface area contributed by atoms with Gasteiger partial charge in [0, 0.05) is 0 Å². The van der Waals surface area contributed by atoms with Crippen molar-refractivity contribution in [2.45, 2.75) is 32.1 Å². The van der Waals surface area contributed by atoms with Crippen molar-refractivity contribution in [2.24, 2.45) is 5.92 Å². The summed E-state index contributed by atoms with van der Waals surface area (Å²) in [5.74, 6) is 1.92. The van der Waals surface area contributed by atoms with E-state index in [1.807, 2.05) is 6.07 Å². The molecule has 17 heavy (non-hydrogen) atoms. The van der Waals surface area contributed by atoms with Crippen LogP contribution < -0.4 is 10.1 Å². The Morgan fingerprint density at radius 2 is 2.24 bits per heavy atom. The third-order valence-corrected chi connectivity index (χ3v) is 3.65. The molecule has 1 saturated heterocycles. The average molecular weight is 233 g/mol. The summed E-state index contributed by atoms with van der Waals surface area (Å²) in [5, 5.41) is 3.48. The molecule has 0 spiro atoms. The second kappa shape index (κ2) is 6.65. The number of rotatable bonds is 5. The van der Waals surface area contributed by atoms with Crippen LogP contribution in [0.25, 0.3) is 0 Å². The van der Waals surface area contributed by atoms with E-state index in [4.69, 9.17) is 4.74 Å². The summed E-state index contributed by atoms with van der Waals surface area (Å²) >= 11 is 0. The molecule has 0 unspecified atom stereocenters. The van der Waals surface area contributed by atoms with Crippen molar-refractivity contribution in [1.82, 2.24) is 5.32 Å². The fraction of sp³-hybridized carbons (Fsp3) is 0.600. The molecule has 2 nitrogen and oxygen atoms in total. The molecule has 1 fully saturated rings. The van der Waals surface area contributed by atoms with Crippen molar-refractivity contribution in [1.29, 1.82) is 0 Å². The van der Waals surface area contributed by atoms with Crippen LogP contribution in [0.5, 0.6) is 5.75 Å². The minimum absolute atomic E-state index is 0.887. The number of nitrogens with one attached hydrogen (secondary N) is 1. The van der Waals surface area contributed by atoms with E-state index in [2.05, 4.69) is 23.5 Å². The maximum atomic E-state index is 5.38. The van der Waals surface area contributed by atoms with E-state index in [1.165, 1.54) is 44.3 Å². The molecule has 1 aliphatic rings. The van der Waals surface area contributed by atoms with Crippen LogP contribution in [0.2, 0.25) is 0 Å². The molecule has 2 heteroatoms. The Hall–Kier alpha value is -1.02. The van der Waals surface area contributed by atoms with Crippen LogP contribution >= 0.6 is 0 Å². The molecule has 0 aromatic heterocycles. The van der Waals surface area contributed by atoms with Crippen LogP contribution in [-0.2, 0) is 6.42 Å². The second-order valence-corrected chi connectivity index (χ2v) is 4.92. The molecule has 0 aliphatic carbocycles. The van der Waals surface area contributed by atoms with Gasteiger partial charge in [-0.2, -0.15) is 0 Å². The van der Waals surface area contributed by atoms with Crippen molar-refractivity contribution >= 4 is 0 Å². The Kier molecular flexibility index (Phi) is 4.87. The lowest BCUT2D eigenvalue weighted by molar-refractivity contribution is 0.349. The highest BCUT2D eigenvalue weighted by Crippen LogP contribution is 2.22. The number of hydrogen-bond acceptors (Lipinski definition) is 2. The summed E-state index contributed by atoms with van der Waals surface area (Å²) in [5.41, 5.74) is 1.35. The van der Waals surface area contributed by atoms with E-state index in [-0.39, 0.29) is 0 Å². The number of benzene rings is 1. The van der Waals surface area contributed by atoms with E-state index >= 15 is 0 Å². The van der Waals surface area contributed by atoms with Gasteiger partial charge in [-0.05, 0) is 62.7 Å². The first kappa shape index (κ1) is 12.4. The first-order valence-electron chi connectivity index (χ1n) is 6.73. The lowest BCUT2D eigenvalue weighted by Gasteiger charge is -2.22. The Labute approximate surface area is 104 Å². The molecule has 0 saturated carbocycles. The first-order valence-corrected chi connectivity index (χ1v) is 6.73. The SMILES string of the molecule is COc1ccccc1CCC[C@@H]1CCCNC1. The predicted molar refractivity (Wildman–Crippen MR) is 71.5 cm³/mol. The van der Waals surface area contributed by atoms with Gasteiger partial charge in [0.05, 0.1) is 7.11 Å². The number of para-hydroxylation sites is 1. The smallest absolute Gasteiger partial charge is 0.122 e. The zero-order chi connectivity index (χ0) is 11.9. The monoisotopic (exact) mass is 233 g/mol. The lowest BCUT2D eigenvalue weighted by Crippen LogP contribution is -2.29. The van der Waals surface area contributed by atoms with Crippen LogP contribution in [0, 0.1) is 5.92 Å². The molecule has 2 rings (SSSR count). The molecule has 1 aliphatic heterocycles. The van der Waals surface area contributed by atoms with Crippen molar-refractivity contribution in [2.75, 3.05) is 20.2 Å². The normalized spacial score (nSPS) is 20.2. The van der Waals surface area contributed by atoms with Crippen LogP contribution in [0.1, 0.15) is 31.2 Å². The minimum atomic E-state index is 0.887. The molecular weight excluding hydrogens is 210 g/mol. The Bertz CT molecular complexity index is 331. The van der Waals surface area contributed by atoms with Crippen molar-refractivity contribution < 1.29 is 4.74 Å². The zero-order valence-corrected chi connectivity index (χ0v) is 10.7. The predicted octanol–water partition coefficient (Wildman–Crippen LogP) is 3.02. The van der Waals surface area contributed by atoms with Crippen molar-refractivity contribution in [3.63, 3.8) is 0 Å². The molecule has 1 aromatic carbocycles. The van der Waals surface area contributed by atoms with E-state index in [9.17, 15) is 0 Å². The first-order chi connectivity index (χ1) is 8.40. The van der Waals surface area contributed by atoms with Gasteiger partial charge in [0.15, 0.2) is 0 Å². The standard InChI is InChI=1S/C15H23NO/c1-17-15-10-3-2-8-14(15)9-4-6-13-7-5-11-16-12-13/h2-3,8,10,13,16H,4-7,9,11-12H2,1H3/t13-/m1/s1. The van der Waals surface area contributed by atoms with Gasteiger partial charge in [0.1, 0.15) is 5.75 Å². The summed E-state index contributed by atoms with van der Waals surface area (Å²) in [6.07, 6.45) is 6.50. The zero-order valence-electron chi connectivity index (χ0n) is 10.7. The van der Waals surface area contributed by atoms with Gasteiger partial charge < -0.3 is 10.1 Å². The van der Waals surface area contributed by atoms with E-state index in [0.717, 1.165) is 18.1 Å². The molecule has 94 valence electrons. The van der Waals surface area contributed by atoms with E-state index in [0.29, 0.717) is 0 Å². The van der Waals surface area contributed by atoms with Gasteiger partial charge in [-0.1, -0.05) is 18.2 Å². The molecular formula is C15H23NO. The molecule has 0 radical (unpaired) electrons. The molecule has 0 bridgehead atoms. The van der Waals surface area contributed by atoms with Gasteiger partial charge in [-0.25, -0.2) is 0 Å². The molecule has 1 heterocycles. The third-order valence-electron chi connectivity index (χ3n) is 3.65. The van der Waals surface area contributed by atoms with Crippen LogP contribution in [-0.4, -0.2) is 20.2 Å². The highest BCUT2D eigenvalue weighted by atomic mass is 16.5. The molecule has 1 aromatic rings. The van der Waals surface area contributed by atoms with E-state index < -0.39 is 0 Å². The Morgan fingerprint density at radius 3 is 3.00 bits per heavy atom. The highest BCUT2D eigenvalue weighted by Gasteiger charge is 2.12. The lowest BCUT2D eigenvalue weighted by atomic mass is 9.93. The summed E-state index contributed by atoms with van der Waals surface area (Å²) in [7, 11) is 1.75. The van der Waals surface area contributed by atoms with Gasteiger partial charge in [0.25, 0.3) is 0 Å². The highest BCUT2D eigenvalue weighted by molar-refractivity contribution is 5.33. The molecule has 1 atom stereocenters. The number of methoxy groups -OCH3 is 1. The second-order valence-electron chi connectivity index (χ2n) is 4.92. The third kappa shape index (κ3) is 3.74. The fourth-order valence-corrected chi connectivity index (χ4v) is 2.66. The quantitative estimate of drug-likeness (QED) is 0.844. The van der Waals surface area contributed by atoms with Gasteiger partial charge in [-0.15, -0.1) is 0 Å². The van der Waals surface area contributed by atoms with Gasteiger partial charge in [-0.3, -0.25) is 0 Å².